The Morgan fingerprint density at radius 2 is 0.742 bits per heavy atom. The summed E-state index contributed by atoms with van der Waals surface area (Å²) in [6, 6.07) is -0.981. The van der Waals surface area contributed by atoms with Crippen LogP contribution < -0.4 is 5.32 Å². The molecule has 0 radical (unpaired) electrons. The molecule has 17 atom stereocenters. The molecule has 89 heavy (non-hydrogen) atoms. The number of unbranched alkanes of at least 4 members (excludes halogenated alkanes) is 35. The molecule has 3 fully saturated rings. The van der Waals surface area contributed by atoms with Crippen LogP contribution in [0.25, 0.3) is 0 Å². The fourth-order valence-corrected chi connectivity index (χ4v) is 12.1. The van der Waals surface area contributed by atoms with Crippen molar-refractivity contribution in [3.05, 3.63) is 36.5 Å². The van der Waals surface area contributed by atoms with Gasteiger partial charge in [0.2, 0.25) is 5.91 Å². The number of aliphatic hydroxyl groups excluding tert-OH is 11. The molecular weight excluding hydrogens is 1140 g/mol. The fourth-order valence-electron chi connectivity index (χ4n) is 12.1. The van der Waals surface area contributed by atoms with Gasteiger partial charge in [-0.2, -0.15) is 0 Å². The maximum Gasteiger partial charge on any atom is 0.220 e. The highest BCUT2D eigenvalue weighted by Crippen LogP contribution is 2.33. The highest BCUT2D eigenvalue weighted by atomic mass is 16.8. The predicted octanol–water partition coefficient (Wildman–Crippen LogP) is 9.61. The van der Waals surface area contributed by atoms with E-state index in [9.17, 15) is 61.0 Å². The highest BCUT2D eigenvalue weighted by Gasteiger charge is 2.53. The van der Waals surface area contributed by atoms with E-state index in [1.54, 1.807) is 6.08 Å². The lowest BCUT2D eigenvalue weighted by Crippen LogP contribution is -2.66. The summed E-state index contributed by atoms with van der Waals surface area (Å²) >= 11 is 0. The Balaban J connectivity index is 1.42. The van der Waals surface area contributed by atoms with Crippen molar-refractivity contribution in [3.63, 3.8) is 0 Å². The minimum absolute atomic E-state index is 0.228. The smallest absolute Gasteiger partial charge is 0.220 e. The Kier molecular flexibility index (Phi) is 47.7. The van der Waals surface area contributed by atoms with Crippen molar-refractivity contribution in [1.82, 2.24) is 5.32 Å². The average molecular weight is 1270 g/mol. The summed E-state index contributed by atoms with van der Waals surface area (Å²) in [5.41, 5.74) is 0. The Labute approximate surface area is 536 Å². The number of ether oxygens (including phenoxy) is 6. The lowest BCUT2D eigenvalue weighted by Gasteiger charge is -2.48. The van der Waals surface area contributed by atoms with Crippen LogP contribution >= 0.6 is 0 Å². The lowest BCUT2D eigenvalue weighted by atomic mass is 9.96. The molecule has 0 saturated carbocycles. The summed E-state index contributed by atoms with van der Waals surface area (Å²) in [5, 5.41) is 121. The number of carbonyl (C=O) groups excluding carboxylic acids is 1. The van der Waals surface area contributed by atoms with Gasteiger partial charge in [0, 0.05) is 6.42 Å². The highest BCUT2D eigenvalue weighted by molar-refractivity contribution is 5.76. The zero-order chi connectivity index (χ0) is 64.7. The molecule has 3 heterocycles. The Hall–Kier alpha value is -1.99. The van der Waals surface area contributed by atoms with E-state index in [1.165, 1.54) is 173 Å². The molecule has 0 bridgehead atoms. The molecule has 0 aromatic carbocycles. The van der Waals surface area contributed by atoms with Gasteiger partial charge in [-0.1, -0.05) is 249 Å². The Morgan fingerprint density at radius 3 is 1.16 bits per heavy atom. The van der Waals surface area contributed by atoms with E-state index in [4.69, 9.17) is 28.4 Å². The van der Waals surface area contributed by atoms with Crippen molar-refractivity contribution < 1.29 is 89.4 Å². The molecule has 1 amide bonds. The number of hydrogen-bond donors (Lipinski definition) is 12. The number of amides is 1. The summed E-state index contributed by atoms with van der Waals surface area (Å²) in [6.07, 6.45) is 34.1. The molecule has 0 aliphatic carbocycles. The Bertz CT molecular complexity index is 1760. The van der Waals surface area contributed by atoms with Crippen molar-refractivity contribution in [1.29, 1.82) is 0 Å². The molecule has 3 saturated heterocycles. The van der Waals surface area contributed by atoms with Gasteiger partial charge in [-0.05, 0) is 51.4 Å². The monoisotopic (exact) mass is 1270 g/mol. The molecule has 0 aromatic rings. The molecule has 3 aliphatic rings. The van der Waals surface area contributed by atoms with Gasteiger partial charge in [0.1, 0.15) is 73.2 Å². The van der Waals surface area contributed by atoms with E-state index < -0.39 is 124 Å². The molecular formula is C70H129NO18. The zero-order valence-electron chi connectivity index (χ0n) is 55.2. The molecule has 3 aliphatic heterocycles. The molecule has 19 nitrogen and oxygen atoms in total. The largest absolute Gasteiger partial charge is 0.394 e. The van der Waals surface area contributed by atoms with Crippen molar-refractivity contribution in [2.45, 2.75) is 375 Å². The van der Waals surface area contributed by atoms with Crippen LogP contribution in [0.2, 0.25) is 0 Å². The van der Waals surface area contributed by atoms with Crippen LogP contribution in [0.15, 0.2) is 36.5 Å². The van der Waals surface area contributed by atoms with Crippen molar-refractivity contribution in [2.24, 2.45) is 0 Å². The van der Waals surface area contributed by atoms with Gasteiger partial charge in [-0.25, -0.2) is 0 Å². The molecule has 17 unspecified atom stereocenters. The van der Waals surface area contributed by atoms with Gasteiger partial charge < -0.3 is 89.9 Å². The number of allylic oxidation sites excluding steroid dienone is 5. The van der Waals surface area contributed by atoms with E-state index in [0.29, 0.717) is 6.42 Å². The molecule has 0 spiro atoms. The third-order valence-corrected chi connectivity index (χ3v) is 17.9. The first-order valence-electron chi connectivity index (χ1n) is 35.7. The third-order valence-electron chi connectivity index (χ3n) is 17.9. The zero-order valence-corrected chi connectivity index (χ0v) is 55.2. The number of rotatable bonds is 55. The first-order valence-corrected chi connectivity index (χ1v) is 35.7. The molecule has 12 N–H and O–H groups in total. The topological polar surface area (TPSA) is 307 Å². The van der Waals surface area contributed by atoms with Crippen LogP contribution in [0.5, 0.6) is 0 Å². The minimum Gasteiger partial charge on any atom is -0.394 e. The van der Waals surface area contributed by atoms with Crippen LogP contribution in [0.1, 0.15) is 271 Å². The van der Waals surface area contributed by atoms with Crippen LogP contribution in [-0.4, -0.2) is 193 Å². The van der Waals surface area contributed by atoms with Gasteiger partial charge in [0.25, 0.3) is 0 Å². The average Bonchev–Trinajstić information content (AvgIpc) is 2.43. The van der Waals surface area contributed by atoms with Crippen LogP contribution in [-0.2, 0) is 33.2 Å². The molecule has 522 valence electrons. The molecule has 0 aromatic heterocycles. The number of hydrogen-bond acceptors (Lipinski definition) is 18. The Morgan fingerprint density at radius 1 is 0.404 bits per heavy atom. The fraction of sp³-hybridized carbons (Fsp3) is 0.900. The predicted molar refractivity (Wildman–Crippen MR) is 346 cm³/mol. The van der Waals surface area contributed by atoms with Crippen LogP contribution in [0.4, 0.5) is 0 Å². The summed E-state index contributed by atoms with van der Waals surface area (Å²) in [4.78, 5) is 13.4. The van der Waals surface area contributed by atoms with E-state index in [2.05, 4.69) is 43.5 Å². The molecule has 19 heteroatoms. The van der Waals surface area contributed by atoms with Crippen LogP contribution in [0, 0.1) is 0 Å². The van der Waals surface area contributed by atoms with Gasteiger partial charge in [-0.15, -0.1) is 0 Å². The summed E-state index contributed by atoms with van der Waals surface area (Å²) < 4.78 is 34.3. The maximum absolute atomic E-state index is 13.4. The van der Waals surface area contributed by atoms with Gasteiger partial charge in [0.15, 0.2) is 18.9 Å². The van der Waals surface area contributed by atoms with Crippen molar-refractivity contribution >= 4 is 5.91 Å². The van der Waals surface area contributed by atoms with Crippen molar-refractivity contribution in [2.75, 3.05) is 26.4 Å². The van der Waals surface area contributed by atoms with Gasteiger partial charge in [-0.3, -0.25) is 4.79 Å². The van der Waals surface area contributed by atoms with E-state index in [0.717, 1.165) is 70.6 Å². The number of aliphatic hydroxyl groups is 11. The third kappa shape index (κ3) is 34.3. The first kappa shape index (κ1) is 81.2. The second kappa shape index (κ2) is 52.3. The van der Waals surface area contributed by atoms with Crippen LogP contribution in [0.3, 0.4) is 0 Å². The number of nitrogens with one attached hydrogen (secondary N) is 1. The van der Waals surface area contributed by atoms with E-state index in [-0.39, 0.29) is 18.9 Å². The van der Waals surface area contributed by atoms with Crippen molar-refractivity contribution in [3.8, 4) is 0 Å². The second-order valence-corrected chi connectivity index (χ2v) is 25.7. The lowest BCUT2D eigenvalue weighted by molar-refractivity contribution is -0.379. The normalized spacial score (nSPS) is 28.4. The quantitative estimate of drug-likeness (QED) is 0.0199. The van der Waals surface area contributed by atoms with Gasteiger partial charge in [0.05, 0.1) is 38.6 Å². The van der Waals surface area contributed by atoms with E-state index in [1.807, 2.05) is 6.08 Å². The standard InChI is InChI=1S/C70H129NO18/c1-3-5-7-9-11-13-15-17-19-21-22-23-24-25-26-27-28-29-30-31-32-33-35-37-39-41-43-45-47-54(75)53(71-58(76)48-46-44-42-40-38-36-34-20-18-16-14-12-10-8-6-4-2)52-84-68-64(82)61(79)66(56(50-73)86-68)89-70-65(83)62(80)67(57(51-74)87-70)88-69-63(81)60(78)59(77)55(49-72)85-69/h14,16,20,34,45,47,53-57,59-70,72-75,77-83H,3-13,15,17-19,21-33,35-44,46,48-52H2,1-2H3,(H,71,76)/b16-14-,34-20-,47-45+. The van der Waals surface area contributed by atoms with E-state index >= 15 is 0 Å². The summed E-state index contributed by atoms with van der Waals surface area (Å²) in [7, 11) is 0. The summed E-state index contributed by atoms with van der Waals surface area (Å²) in [5.74, 6) is -0.287. The first-order chi connectivity index (χ1) is 43.3. The van der Waals surface area contributed by atoms with Gasteiger partial charge >= 0.3 is 0 Å². The second-order valence-electron chi connectivity index (χ2n) is 25.7. The number of carbonyl (C=O) groups is 1. The maximum atomic E-state index is 13.4. The SMILES string of the molecule is CCCCCC/C=C\C/C=C\CCCCCCCC(=O)NC(COC1OC(CO)C(OC2OC(CO)C(OC3OC(CO)C(O)C(O)C3O)C(O)C2O)C(O)C1O)C(O)/C=C/CCCCCCCCCCCCCCCCCCCCCCCCCCCC. The summed E-state index contributed by atoms with van der Waals surface area (Å²) in [6.45, 7) is 1.73. The molecule has 3 rings (SSSR count). The minimum atomic E-state index is -1.98.